The molecular weight excluding hydrogens is 306 g/mol. The van der Waals surface area contributed by atoms with E-state index in [1.807, 2.05) is 30.5 Å². The van der Waals surface area contributed by atoms with Crippen molar-refractivity contribution in [3.63, 3.8) is 0 Å². The summed E-state index contributed by atoms with van der Waals surface area (Å²) in [6.45, 7) is 0. The lowest BCUT2D eigenvalue weighted by Crippen LogP contribution is -2.57. The number of aromatic nitrogens is 1. The Morgan fingerprint density at radius 3 is 2.75 bits per heavy atom. The van der Waals surface area contributed by atoms with Crippen LogP contribution in [0, 0.1) is 0 Å². The van der Waals surface area contributed by atoms with E-state index in [0.717, 1.165) is 29.3 Å². The van der Waals surface area contributed by atoms with Crippen molar-refractivity contribution in [1.29, 1.82) is 0 Å². The molecule has 0 spiro atoms. The van der Waals surface area contributed by atoms with Gasteiger partial charge in [-0.1, -0.05) is 31.0 Å². The molecule has 1 aromatic carbocycles. The fraction of sp³-hybridized carbons (Fsp3) is 0.444. The van der Waals surface area contributed by atoms with E-state index in [2.05, 4.69) is 10.3 Å². The van der Waals surface area contributed by atoms with Crippen molar-refractivity contribution in [2.45, 2.75) is 43.7 Å². The highest BCUT2D eigenvalue weighted by atomic mass is 16.5. The van der Waals surface area contributed by atoms with Crippen molar-refractivity contribution in [3.05, 3.63) is 36.0 Å². The summed E-state index contributed by atoms with van der Waals surface area (Å²) < 4.78 is 4.88. The molecule has 1 unspecified atom stereocenters. The molecular formula is C18H23N3O3. The van der Waals surface area contributed by atoms with Gasteiger partial charge in [-0.2, -0.15) is 0 Å². The van der Waals surface area contributed by atoms with Crippen LogP contribution in [0.1, 0.15) is 31.2 Å². The minimum atomic E-state index is -0.913. The maximum atomic E-state index is 12.5. The molecule has 3 rings (SSSR count). The van der Waals surface area contributed by atoms with Crippen LogP contribution in [-0.4, -0.2) is 35.6 Å². The number of hydrogen-bond donors (Lipinski definition) is 3. The number of nitrogens with two attached hydrogens (primary N) is 1. The number of nitrogens with one attached hydrogen (secondary N) is 2. The van der Waals surface area contributed by atoms with E-state index < -0.39 is 11.6 Å². The molecule has 1 fully saturated rings. The Kier molecular flexibility index (Phi) is 4.57. The van der Waals surface area contributed by atoms with Crippen molar-refractivity contribution < 1.29 is 14.3 Å². The van der Waals surface area contributed by atoms with Crippen LogP contribution in [0.15, 0.2) is 30.5 Å². The third kappa shape index (κ3) is 3.01. The number of fused-ring (bicyclic) bond motifs is 1. The monoisotopic (exact) mass is 329 g/mol. The average Bonchev–Trinajstić information content (AvgIpc) is 3.22. The van der Waals surface area contributed by atoms with Gasteiger partial charge in [0.2, 0.25) is 5.91 Å². The first-order valence-corrected chi connectivity index (χ1v) is 8.27. The molecule has 0 radical (unpaired) electrons. The number of aromatic amines is 1. The topological polar surface area (TPSA) is 97.2 Å². The highest BCUT2D eigenvalue weighted by Crippen LogP contribution is 2.31. The number of carbonyl (C=O) groups is 2. The molecule has 0 bridgehead atoms. The normalized spacial score (nSPS) is 17.6. The van der Waals surface area contributed by atoms with Gasteiger partial charge in [-0.25, -0.2) is 4.79 Å². The molecule has 4 N–H and O–H groups in total. The predicted molar refractivity (Wildman–Crippen MR) is 91.3 cm³/mol. The summed E-state index contributed by atoms with van der Waals surface area (Å²) in [6, 6.07) is 7.17. The lowest BCUT2D eigenvalue weighted by atomic mass is 9.96. The molecule has 1 saturated carbocycles. The summed E-state index contributed by atoms with van der Waals surface area (Å²) in [5.74, 6) is -0.694. The molecule has 2 aromatic rings. The van der Waals surface area contributed by atoms with E-state index in [0.29, 0.717) is 19.3 Å². The van der Waals surface area contributed by atoms with Crippen molar-refractivity contribution in [1.82, 2.24) is 10.3 Å². The SMILES string of the molecule is COC(=O)C1(NC(=O)C(N)Cc2c[nH]c3ccccc23)CCCC1. The molecule has 1 heterocycles. The average molecular weight is 329 g/mol. The first-order chi connectivity index (χ1) is 11.6. The first kappa shape index (κ1) is 16.5. The van der Waals surface area contributed by atoms with Gasteiger partial charge in [0.25, 0.3) is 0 Å². The van der Waals surface area contributed by atoms with Gasteiger partial charge in [-0.3, -0.25) is 4.79 Å². The van der Waals surface area contributed by atoms with Gasteiger partial charge in [-0.15, -0.1) is 0 Å². The van der Waals surface area contributed by atoms with Crippen molar-refractivity contribution >= 4 is 22.8 Å². The van der Waals surface area contributed by atoms with Gasteiger partial charge in [-0.05, 0) is 30.9 Å². The van der Waals surface area contributed by atoms with Crippen LogP contribution in [0.25, 0.3) is 10.9 Å². The van der Waals surface area contributed by atoms with Crippen LogP contribution in [0.2, 0.25) is 0 Å². The second kappa shape index (κ2) is 6.65. The quantitative estimate of drug-likeness (QED) is 0.726. The number of methoxy groups -OCH3 is 1. The summed E-state index contributed by atoms with van der Waals surface area (Å²) in [6.07, 6.45) is 5.28. The third-order valence-corrected chi connectivity index (χ3v) is 4.85. The number of benzene rings is 1. The molecule has 0 saturated heterocycles. The predicted octanol–water partition coefficient (Wildman–Crippen LogP) is 1.64. The van der Waals surface area contributed by atoms with E-state index >= 15 is 0 Å². The zero-order chi connectivity index (χ0) is 17.2. The van der Waals surface area contributed by atoms with Crippen molar-refractivity contribution in [2.24, 2.45) is 5.73 Å². The maximum Gasteiger partial charge on any atom is 0.331 e. The standard InChI is InChI=1S/C18H23N3O3/c1-24-17(23)18(8-4-5-9-18)21-16(22)14(19)10-12-11-20-15-7-3-2-6-13(12)15/h2-3,6-7,11,14,20H,4-5,8-10,19H2,1H3,(H,21,22). The number of carbonyl (C=O) groups excluding carboxylic acids is 2. The highest BCUT2D eigenvalue weighted by Gasteiger charge is 2.44. The summed E-state index contributed by atoms with van der Waals surface area (Å²) in [4.78, 5) is 27.8. The Morgan fingerprint density at radius 2 is 2.04 bits per heavy atom. The fourth-order valence-corrected chi connectivity index (χ4v) is 3.51. The van der Waals surface area contributed by atoms with Crippen LogP contribution in [0.5, 0.6) is 0 Å². The van der Waals surface area contributed by atoms with Crippen molar-refractivity contribution in [2.75, 3.05) is 7.11 Å². The number of ether oxygens (including phenoxy) is 1. The Labute approximate surface area is 140 Å². The maximum absolute atomic E-state index is 12.5. The van der Waals surface area contributed by atoms with Gasteiger partial charge in [0, 0.05) is 17.1 Å². The lowest BCUT2D eigenvalue weighted by molar-refractivity contribution is -0.150. The van der Waals surface area contributed by atoms with Gasteiger partial charge >= 0.3 is 5.97 Å². The third-order valence-electron chi connectivity index (χ3n) is 4.85. The molecule has 1 aliphatic carbocycles. The zero-order valence-corrected chi connectivity index (χ0v) is 13.8. The van der Waals surface area contributed by atoms with E-state index in [1.165, 1.54) is 7.11 Å². The molecule has 128 valence electrons. The van der Waals surface area contributed by atoms with Gasteiger partial charge in [0.05, 0.1) is 13.2 Å². The molecule has 6 heteroatoms. The Bertz CT molecular complexity index is 747. The number of amides is 1. The number of esters is 1. The van der Waals surface area contributed by atoms with Crippen LogP contribution < -0.4 is 11.1 Å². The lowest BCUT2D eigenvalue weighted by Gasteiger charge is -2.28. The summed E-state index contributed by atoms with van der Waals surface area (Å²) in [5.41, 5.74) is 7.20. The summed E-state index contributed by atoms with van der Waals surface area (Å²) >= 11 is 0. The minimum absolute atomic E-state index is 0.312. The minimum Gasteiger partial charge on any atom is -0.467 e. The Morgan fingerprint density at radius 1 is 1.33 bits per heavy atom. The van der Waals surface area contributed by atoms with E-state index in [-0.39, 0.29) is 11.9 Å². The molecule has 1 aromatic heterocycles. The molecule has 6 nitrogen and oxygen atoms in total. The highest BCUT2D eigenvalue weighted by molar-refractivity contribution is 5.91. The van der Waals surface area contributed by atoms with Gasteiger partial charge in [0.15, 0.2) is 0 Å². The zero-order valence-electron chi connectivity index (χ0n) is 13.8. The first-order valence-electron chi connectivity index (χ1n) is 8.27. The van der Waals surface area contributed by atoms with E-state index in [1.54, 1.807) is 0 Å². The summed E-state index contributed by atoms with van der Waals surface area (Å²) in [5, 5.41) is 3.91. The van der Waals surface area contributed by atoms with E-state index in [4.69, 9.17) is 10.5 Å². The molecule has 1 amide bonds. The Balaban J connectivity index is 1.71. The molecule has 0 aliphatic heterocycles. The van der Waals surface area contributed by atoms with Crippen LogP contribution >= 0.6 is 0 Å². The van der Waals surface area contributed by atoms with Gasteiger partial charge < -0.3 is 20.8 Å². The number of para-hydroxylation sites is 1. The second-order valence-corrected chi connectivity index (χ2v) is 6.44. The molecule has 24 heavy (non-hydrogen) atoms. The number of rotatable bonds is 5. The van der Waals surface area contributed by atoms with Gasteiger partial charge in [0.1, 0.15) is 5.54 Å². The van der Waals surface area contributed by atoms with Crippen LogP contribution in [0.3, 0.4) is 0 Å². The Hall–Kier alpha value is -2.34. The largest absolute Gasteiger partial charge is 0.467 e. The van der Waals surface area contributed by atoms with Crippen LogP contribution in [-0.2, 0) is 20.7 Å². The molecule has 1 atom stereocenters. The smallest absolute Gasteiger partial charge is 0.331 e. The van der Waals surface area contributed by atoms with Crippen molar-refractivity contribution in [3.8, 4) is 0 Å². The second-order valence-electron chi connectivity index (χ2n) is 6.44. The van der Waals surface area contributed by atoms with E-state index in [9.17, 15) is 9.59 Å². The fourth-order valence-electron chi connectivity index (χ4n) is 3.51. The van der Waals surface area contributed by atoms with Crippen LogP contribution in [0.4, 0.5) is 0 Å². The number of hydrogen-bond acceptors (Lipinski definition) is 4. The molecule has 1 aliphatic rings. The summed E-state index contributed by atoms with van der Waals surface area (Å²) in [7, 11) is 1.35. The number of H-pyrrole nitrogens is 1.